The van der Waals surface area contributed by atoms with Crippen molar-refractivity contribution in [2.24, 2.45) is 0 Å². The molecule has 0 aliphatic heterocycles. The van der Waals surface area contributed by atoms with E-state index >= 15 is 0 Å². The van der Waals surface area contributed by atoms with Crippen molar-refractivity contribution < 1.29 is 14.3 Å². The summed E-state index contributed by atoms with van der Waals surface area (Å²) in [4.78, 5) is 25.6. The van der Waals surface area contributed by atoms with Crippen molar-refractivity contribution in [1.82, 2.24) is 9.78 Å². The van der Waals surface area contributed by atoms with E-state index in [1.807, 2.05) is 41.9 Å². The zero-order chi connectivity index (χ0) is 22.0. The van der Waals surface area contributed by atoms with Gasteiger partial charge in [-0.05, 0) is 55.0 Å². The minimum absolute atomic E-state index is 0.202. The molecule has 2 heterocycles. The molecule has 0 spiro atoms. The van der Waals surface area contributed by atoms with Crippen molar-refractivity contribution in [2.45, 2.75) is 13.5 Å². The number of hydrogen-bond donors (Lipinski definition) is 2. The molecule has 2 N–H and O–H groups in total. The zero-order valence-corrected chi connectivity index (χ0v) is 18.4. The third kappa shape index (κ3) is 4.70. The SMILES string of the molecule is COC(=O)Nc1ccc(NC(=O)c2cc3c(C)nn(Cc4ccc(Cl)cc4)c3s2)cc1. The molecule has 0 saturated heterocycles. The van der Waals surface area contributed by atoms with Crippen LogP contribution in [-0.4, -0.2) is 28.9 Å². The van der Waals surface area contributed by atoms with Crippen LogP contribution in [0.3, 0.4) is 0 Å². The van der Waals surface area contributed by atoms with Crippen LogP contribution >= 0.6 is 22.9 Å². The number of amides is 2. The molecule has 0 aliphatic rings. The Labute approximate surface area is 187 Å². The van der Waals surface area contributed by atoms with Gasteiger partial charge in [-0.3, -0.25) is 14.8 Å². The molecule has 7 nitrogen and oxygen atoms in total. The molecule has 2 aromatic heterocycles. The van der Waals surface area contributed by atoms with Gasteiger partial charge in [0.1, 0.15) is 4.83 Å². The predicted molar refractivity (Wildman–Crippen MR) is 123 cm³/mol. The van der Waals surface area contributed by atoms with Gasteiger partial charge in [0.15, 0.2) is 0 Å². The average molecular weight is 455 g/mol. The molecule has 0 aliphatic carbocycles. The summed E-state index contributed by atoms with van der Waals surface area (Å²) in [6.45, 7) is 2.53. The smallest absolute Gasteiger partial charge is 0.411 e. The highest BCUT2D eigenvalue weighted by molar-refractivity contribution is 7.20. The second-order valence-electron chi connectivity index (χ2n) is 6.85. The Kier molecular flexibility index (Phi) is 5.92. The van der Waals surface area contributed by atoms with Crippen LogP contribution in [0.2, 0.25) is 5.02 Å². The van der Waals surface area contributed by atoms with Crippen LogP contribution in [0.4, 0.5) is 16.2 Å². The number of benzene rings is 2. The lowest BCUT2D eigenvalue weighted by atomic mass is 10.2. The Bertz CT molecular complexity index is 1250. The van der Waals surface area contributed by atoms with Gasteiger partial charge in [0.05, 0.1) is 24.2 Å². The van der Waals surface area contributed by atoms with Crippen LogP contribution in [0.5, 0.6) is 0 Å². The molecule has 4 rings (SSSR count). The predicted octanol–water partition coefficient (Wildman–Crippen LogP) is 5.54. The largest absolute Gasteiger partial charge is 0.453 e. The fraction of sp³-hybridized carbons (Fsp3) is 0.136. The first kappa shape index (κ1) is 20.9. The highest BCUT2D eigenvalue weighted by Crippen LogP contribution is 2.29. The Morgan fingerprint density at radius 3 is 2.35 bits per heavy atom. The Morgan fingerprint density at radius 2 is 1.71 bits per heavy atom. The number of halogens is 1. The molecule has 0 saturated carbocycles. The minimum atomic E-state index is -0.551. The molecule has 0 fully saturated rings. The standard InChI is InChI=1S/C22H19ClN4O3S/c1-13-18-11-19(20(28)24-16-7-9-17(10-8-16)25-22(29)30-2)31-21(18)27(26-13)12-14-3-5-15(23)6-4-14/h3-11H,12H2,1-2H3,(H,24,28)(H,25,29). The second-order valence-corrected chi connectivity index (χ2v) is 8.31. The fourth-order valence-electron chi connectivity index (χ4n) is 3.09. The van der Waals surface area contributed by atoms with Gasteiger partial charge in [-0.25, -0.2) is 4.79 Å². The molecular formula is C22H19ClN4O3S. The molecule has 31 heavy (non-hydrogen) atoms. The van der Waals surface area contributed by atoms with E-state index in [9.17, 15) is 9.59 Å². The quantitative estimate of drug-likeness (QED) is 0.414. The normalized spacial score (nSPS) is 10.8. The third-order valence-electron chi connectivity index (χ3n) is 4.65. The first-order chi connectivity index (χ1) is 14.9. The van der Waals surface area contributed by atoms with Crippen LogP contribution < -0.4 is 10.6 Å². The Morgan fingerprint density at radius 1 is 1.06 bits per heavy atom. The Hall–Kier alpha value is -3.36. The number of carbonyl (C=O) groups excluding carboxylic acids is 2. The maximum Gasteiger partial charge on any atom is 0.411 e. The number of ether oxygens (including phenoxy) is 1. The van der Waals surface area contributed by atoms with Gasteiger partial charge in [-0.2, -0.15) is 5.10 Å². The first-order valence-corrected chi connectivity index (χ1v) is 10.6. The molecule has 2 amide bonds. The number of fused-ring (bicyclic) bond motifs is 1. The number of thiophene rings is 1. The zero-order valence-electron chi connectivity index (χ0n) is 16.8. The van der Waals surface area contributed by atoms with Crippen molar-refractivity contribution in [1.29, 1.82) is 0 Å². The van der Waals surface area contributed by atoms with E-state index in [0.717, 1.165) is 21.5 Å². The van der Waals surface area contributed by atoms with Gasteiger partial charge < -0.3 is 10.1 Å². The summed E-state index contributed by atoms with van der Waals surface area (Å²) in [5.41, 5.74) is 3.15. The fourth-order valence-corrected chi connectivity index (χ4v) is 4.28. The summed E-state index contributed by atoms with van der Waals surface area (Å²) in [7, 11) is 1.30. The highest BCUT2D eigenvalue weighted by Gasteiger charge is 2.17. The average Bonchev–Trinajstić information content (AvgIpc) is 3.32. The Balaban J connectivity index is 1.51. The maximum absolute atomic E-state index is 12.8. The van der Waals surface area contributed by atoms with Gasteiger partial charge in [0.2, 0.25) is 0 Å². The second kappa shape index (κ2) is 8.79. The molecule has 0 radical (unpaired) electrons. The number of carbonyl (C=O) groups is 2. The lowest BCUT2D eigenvalue weighted by Gasteiger charge is -2.06. The molecule has 4 aromatic rings. The molecule has 0 atom stereocenters. The number of aromatic nitrogens is 2. The number of aryl methyl sites for hydroxylation is 1. The van der Waals surface area contributed by atoms with Crippen molar-refractivity contribution in [2.75, 3.05) is 17.7 Å². The van der Waals surface area contributed by atoms with Crippen LogP contribution in [0.15, 0.2) is 54.6 Å². The van der Waals surface area contributed by atoms with E-state index in [1.165, 1.54) is 18.4 Å². The van der Waals surface area contributed by atoms with Gasteiger partial charge in [-0.15, -0.1) is 11.3 Å². The number of anilines is 2. The number of nitrogens with one attached hydrogen (secondary N) is 2. The maximum atomic E-state index is 12.8. The van der Waals surface area contributed by atoms with Crippen LogP contribution in [-0.2, 0) is 11.3 Å². The molecule has 0 unspecified atom stereocenters. The van der Waals surface area contributed by atoms with Crippen molar-refractivity contribution >= 4 is 56.5 Å². The van der Waals surface area contributed by atoms with E-state index < -0.39 is 6.09 Å². The molecular weight excluding hydrogens is 436 g/mol. The van der Waals surface area contributed by atoms with E-state index in [1.54, 1.807) is 24.3 Å². The van der Waals surface area contributed by atoms with Crippen LogP contribution in [0.1, 0.15) is 20.9 Å². The summed E-state index contributed by atoms with van der Waals surface area (Å²) in [5, 5.41) is 11.7. The number of nitrogens with zero attached hydrogens (tertiary/aromatic N) is 2. The van der Waals surface area contributed by atoms with E-state index in [4.69, 9.17) is 11.6 Å². The summed E-state index contributed by atoms with van der Waals surface area (Å²) < 4.78 is 6.46. The van der Waals surface area contributed by atoms with Gasteiger partial charge >= 0.3 is 6.09 Å². The van der Waals surface area contributed by atoms with Gasteiger partial charge in [0.25, 0.3) is 5.91 Å². The minimum Gasteiger partial charge on any atom is -0.453 e. The lowest BCUT2D eigenvalue weighted by molar-refractivity contribution is 0.103. The van der Waals surface area contributed by atoms with Crippen LogP contribution in [0, 0.1) is 6.92 Å². The third-order valence-corrected chi connectivity index (χ3v) is 6.05. The lowest BCUT2D eigenvalue weighted by Crippen LogP contribution is -2.12. The van der Waals surface area contributed by atoms with Crippen molar-refractivity contribution in [3.63, 3.8) is 0 Å². The number of hydrogen-bond acceptors (Lipinski definition) is 5. The highest BCUT2D eigenvalue weighted by atomic mass is 35.5. The molecule has 158 valence electrons. The molecule has 2 aromatic carbocycles. The monoisotopic (exact) mass is 454 g/mol. The first-order valence-electron chi connectivity index (χ1n) is 9.40. The van der Waals surface area contributed by atoms with Crippen LogP contribution in [0.25, 0.3) is 10.2 Å². The van der Waals surface area contributed by atoms with E-state index in [0.29, 0.717) is 27.8 Å². The molecule has 0 bridgehead atoms. The number of methoxy groups -OCH3 is 1. The number of rotatable bonds is 5. The molecule has 9 heteroatoms. The van der Waals surface area contributed by atoms with E-state index in [-0.39, 0.29) is 5.91 Å². The van der Waals surface area contributed by atoms with Crippen molar-refractivity contribution in [3.05, 3.63) is 75.8 Å². The summed E-state index contributed by atoms with van der Waals surface area (Å²) >= 11 is 7.36. The summed E-state index contributed by atoms with van der Waals surface area (Å²) in [6, 6.07) is 16.3. The van der Waals surface area contributed by atoms with Crippen molar-refractivity contribution in [3.8, 4) is 0 Å². The van der Waals surface area contributed by atoms with Gasteiger partial charge in [-0.1, -0.05) is 23.7 Å². The topological polar surface area (TPSA) is 85.2 Å². The van der Waals surface area contributed by atoms with Gasteiger partial charge in [0, 0.05) is 21.8 Å². The summed E-state index contributed by atoms with van der Waals surface area (Å²) in [6.07, 6.45) is -0.551. The summed E-state index contributed by atoms with van der Waals surface area (Å²) in [5.74, 6) is -0.202. The van der Waals surface area contributed by atoms with E-state index in [2.05, 4.69) is 20.5 Å².